The largest absolute Gasteiger partial charge is 0.253 e. The fourth-order valence-electron chi connectivity index (χ4n) is 1.94. The number of nitrogens with zero attached hydrogens (tertiary/aromatic N) is 1. The average molecular weight is 211 g/mol. The number of aryl methyl sites for hydroxylation is 1. The minimum atomic E-state index is 1.01. The van der Waals surface area contributed by atoms with Crippen molar-refractivity contribution >= 4 is 10.9 Å². The Morgan fingerprint density at radius 2 is 2.06 bits per heavy atom. The third-order valence-corrected chi connectivity index (χ3v) is 2.89. The number of aromatic nitrogens is 1. The molecule has 82 valence electrons. The molecule has 1 aromatic heterocycles. The van der Waals surface area contributed by atoms with Gasteiger partial charge in [-0.3, -0.25) is 4.98 Å². The Morgan fingerprint density at radius 1 is 1.31 bits per heavy atom. The van der Waals surface area contributed by atoms with E-state index < -0.39 is 0 Å². The number of pyridine rings is 1. The van der Waals surface area contributed by atoms with Gasteiger partial charge in [0, 0.05) is 11.1 Å². The molecule has 0 bridgehead atoms. The van der Waals surface area contributed by atoms with Gasteiger partial charge in [0.2, 0.25) is 0 Å². The monoisotopic (exact) mass is 211 g/mol. The van der Waals surface area contributed by atoms with Crippen molar-refractivity contribution in [3.05, 3.63) is 53.2 Å². The highest BCUT2D eigenvalue weighted by Gasteiger charge is 2.03. The van der Waals surface area contributed by atoms with E-state index in [1.165, 1.54) is 16.5 Å². The zero-order chi connectivity index (χ0) is 11.5. The van der Waals surface area contributed by atoms with E-state index >= 15 is 0 Å². The molecule has 0 aliphatic heterocycles. The van der Waals surface area contributed by atoms with Gasteiger partial charge in [0.25, 0.3) is 0 Å². The van der Waals surface area contributed by atoms with Crippen molar-refractivity contribution in [3.8, 4) is 0 Å². The third kappa shape index (κ3) is 2.13. The van der Waals surface area contributed by atoms with Crippen molar-refractivity contribution < 1.29 is 0 Å². The molecule has 0 amide bonds. The molecule has 0 fully saturated rings. The Labute approximate surface area is 96.8 Å². The Kier molecular flexibility index (Phi) is 3.04. The van der Waals surface area contributed by atoms with Crippen molar-refractivity contribution in [2.24, 2.45) is 0 Å². The molecule has 2 aromatic rings. The van der Waals surface area contributed by atoms with Crippen LogP contribution in [-0.2, 0) is 6.42 Å². The normalized spacial score (nSPS) is 12.1. The molecule has 0 radical (unpaired) electrons. The van der Waals surface area contributed by atoms with Crippen LogP contribution in [0, 0.1) is 6.92 Å². The summed E-state index contributed by atoms with van der Waals surface area (Å²) >= 11 is 0. The minimum absolute atomic E-state index is 1.01. The zero-order valence-electron chi connectivity index (χ0n) is 10.1. The van der Waals surface area contributed by atoms with Gasteiger partial charge in [-0.05, 0) is 44.9 Å². The average Bonchev–Trinajstić information content (AvgIpc) is 2.28. The van der Waals surface area contributed by atoms with Crippen LogP contribution in [0.2, 0.25) is 0 Å². The highest BCUT2D eigenvalue weighted by atomic mass is 14.7. The third-order valence-electron chi connectivity index (χ3n) is 2.89. The van der Waals surface area contributed by atoms with Crippen LogP contribution in [-0.4, -0.2) is 4.98 Å². The zero-order valence-corrected chi connectivity index (χ0v) is 10.1. The lowest BCUT2D eigenvalue weighted by Crippen LogP contribution is -1.93. The molecule has 0 unspecified atom stereocenters. The number of hydrogen-bond donors (Lipinski definition) is 0. The van der Waals surface area contributed by atoms with E-state index in [1.54, 1.807) is 0 Å². The van der Waals surface area contributed by atoms with E-state index in [4.69, 9.17) is 0 Å². The van der Waals surface area contributed by atoms with E-state index in [0.717, 1.165) is 17.6 Å². The number of allylic oxidation sites excluding steroid dienone is 2. The minimum Gasteiger partial charge on any atom is -0.253 e. The predicted molar refractivity (Wildman–Crippen MR) is 69.6 cm³/mol. The fourth-order valence-corrected chi connectivity index (χ4v) is 1.94. The number of fused-ring (bicyclic) bond motifs is 1. The molecule has 1 aromatic carbocycles. The molecule has 0 saturated carbocycles. The van der Waals surface area contributed by atoms with Gasteiger partial charge >= 0.3 is 0 Å². The lowest BCUT2D eigenvalue weighted by Gasteiger charge is -2.07. The van der Waals surface area contributed by atoms with Gasteiger partial charge in [-0.25, -0.2) is 0 Å². The smallest absolute Gasteiger partial charge is 0.0708 e. The summed E-state index contributed by atoms with van der Waals surface area (Å²) in [5.41, 5.74) is 4.97. The van der Waals surface area contributed by atoms with Crippen molar-refractivity contribution in [2.45, 2.75) is 27.2 Å². The van der Waals surface area contributed by atoms with Crippen molar-refractivity contribution in [1.82, 2.24) is 4.98 Å². The maximum atomic E-state index is 4.55. The van der Waals surface area contributed by atoms with E-state index in [2.05, 4.69) is 56.1 Å². The molecule has 0 atom stereocenters. The topological polar surface area (TPSA) is 12.9 Å². The van der Waals surface area contributed by atoms with Gasteiger partial charge in [0.15, 0.2) is 0 Å². The molecule has 0 N–H and O–H groups in total. The number of rotatable bonds is 2. The summed E-state index contributed by atoms with van der Waals surface area (Å²) < 4.78 is 0. The van der Waals surface area contributed by atoms with Crippen LogP contribution >= 0.6 is 0 Å². The maximum absolute atomic E-state index is 4.55. The molecule has 1 heterocycles. The Bertz CT molecular complexity index is 538. The van der Waals surface area contributed by atoms with Gasteiger partial charge in [-0.1, -0.05) is 29.8 Å². The van der Waals surface area contributed by atoms with Gasteiger partial charge in [-0.2, -0.15) is 0 Å². The second kappa shape index (κ2) is 4.48. The van der Waals surface area contributed by atoms with E-state index in [9.17, 15) is 0 Å². The summed E-state index contributed by atoms with van der Waals surface area (Å²) in [6, 6.07) is 10.5. The van der Waals surface area contributed by atoms with Crippen LogP contribution in [0.15, 0.2) is 42.0 Å². The Balaban J connectivity index is 2.58. The standard InChI is InChI=1S/C15H17N/c1-4-11(2)9-13-10-12(3)16-15-8-6-5-7-14(13)15/h4-8,10H,9H2,1-3H3. The molecule has 1 heteroatoms. The maximum Gasteiger partial charge on any atom is 0.0708 e. The highest BCUT2D eigenvalue weighted by molar-refractivity contribution is 5.82. The highest BCUT2D eigenvalue weighted by Crippen LogP contribution is 2.20. The van der Waals surface area contributed by atoms with Gasteiger partial charge < -0.3 is 0 Å². The Morgan fingerprint density at radius 3 is 2.81 bits per heavy atom. The molecular formula is C15H17N. The number of hydrogen-bond acceptors (Lipinski definition) is 1. The van der Waals surface area contributed by atoms with Crippen LogP contribution in [0.5, 0.6) is 0 Å². The lowest BCUT2D eigenvalue weighted by atomic mass is 10.0. The van der Waals surface area contributed by atoms with Crippen LogP contribution in [0.1, 0.15) is 25.1 Å². The SMILES string of the molecule is CC=C(C)Cc1cc(C)nc2ccccc12. The summed E-state index contributed by atoms with van der Waals surface area (Å²) in [5.74, 6) is 0. The van der Waals surface area contributed by atoms with E-state index in [0.29, 0.717) is 0 Å². The summed E-state index contributed by atoms with van der Waals surface area (Å²) in [6.07, 6.45) is 3.19. The molecule has 16 heavy (non-hydrogen) atoms. The number of benzene rings is 1. The second-order valence-electron chi connectivity index (χ2n) is 4.25. The summed E-state index contributed by atoms with van der Waals surface area (Å²) in [7, 11) is 0. The first-order valence-electron chi connectivity index (χ1n) is 5.68. The molecule has 0 aliphatic rings. The van der Waals surface area contributed by atoms with Crippen LogP contribution in [0.25, 0.3) is 10.9 Å². The fraction of sp³-hybridized carbons (Fsp3) is 0.267. The quantitative estimate of drug-likeness (QED) is 0.683. The molecule has 0 spiro atoms. The predicted octanol–water partition coefficient (Wildman–Crippen LogP) is 4.05. The first kappa shape index (κ1) is 10.9. The van der Waals surface area contributed by atoms with E-state index in [1.807, 2.05) is 6.07 Å². The van der Waals surface area contributed by atoms with Crippen molar-refractivity contribution in [1.29, 1.82) is 0 Å². The second-order valence-corrected chi connectivity index (χ2v) is 4.25. The van der Waals surface area contributed by atoms with Gasteiger partial charge in [-0.15, -0.1) is 0 Å². The Hall–Kier alpha value is -1.63. The van der Waals surface area contributed by atoms with Crippen LogP contribution in [0.4, 0.5) is 0 Å². The van der Waals surface area contributed by atoms with Crippen molar-refractivity contribution in [3.63, 3.8) is 0 Å². The summed E-state index contributed by atoms with van der Waals surface area (Å²) in [5, 5.41) is 1.27. The summed E-state index contributed by atoms with van der Waals surface area (Å²) in [6.45, 7) is 6.32. The van der Waals surface area contributed by atoms with E-state index in [-0.39, 0.29) is 0 Å². The van der Waals surface area contributed by atoms with Gasteiger partial charge in [0.05, 0.1) is 5.52 Å². The van der Waals surface area contributed by atoms with Gasteiger partial charge in [0.1, 0.15) is 0 Å². The molecule has 0 saturated heterocycles. The first-order valence-corrected chi connectivity index (χ1v) is 5.68. The lowest BCUT2D eigenvalue weighted by molar-refractivity contribution is 1.12. The van der Waals surface area contributed by atoms with Crippen molar-refractivity contribution in [2.75, 3.05) is 0 Å². The molecule has 2 rings (SSSR count). The first-order chi connectivity index (χ1) is 7.70. The number of para-hydroxylation sites is 1. The molecule has 0 aliphatic carbocycles. The molecule has 1 nitrogen and oxygen atoms in total. The van der Waals surface area contributed by atoms with Crippen LogP contribution < -0.4 is 0 Å². The summed E-state index contributed by atoms with van der Waals surface area (Å²) in [4.78, 5) is 4.55. The molecular weight excluding hydrogens is 194 g/mol. The van der Waals surface area contributed by atoms with Crippen LogP contribution in [0.3, 0.4) is 0 Å².